The molecule has 0 aromatic carbocycles. The Morgan fingerprint density at radius 3 is 3.18 bits per heavy atom. The molecule has 0 atom stereocenters. The van der Waals surface area contributed by atoms with Crippen LogP contribution in [0, 0.1) is 0 Å². The van der Waals surface area contributed by atoms with Gasteiger partial charge in [-0.3, -0.25) is 9.20 Å². The summed E-state index contributed by atoms with van der Waals surface area (Å²) >= 11 is 1.34. The third-order valence-corrected chi connectivity index (χ3v) is 2.42. The minimum Gasteiger partial charge on any atom is -0.381 e. The highest BCUT2D eigenvalue weighted by Gasteiger charge is 2.04. The van der Waals surface area contributed by atoms with Crippen molar-refractivity contribution in [1.82, 2.24) is 9.38 Å². The molecule has 2 N–H and O–H groups in total. The Balaban J connectivity index is 2.79. The van der Waals surface area contributed by atoms with E-state index in [1.807, 2.05) is 0 Å². The summed E-state index contributed by atoms with van der Waals surface area (Å²) in [6.07, 6.45) is 4.10. The number of rotatable bonds is 1. The number of fused-ring (bicyclic) bond motifs is 1. The standard InChI is InChI=1S/C6H5N3OS/c7-5-6-9(3-8-5)1-4(2-10)11-6/h1-3H,7H2. The largest absolute Gasteiger partial charge is 0.381 e. The SMILES string of the molecule is Nc1ncn2cc(C=O)sc12. The highest BCUT2D eigenvalue weighted by Crippen LogP contribution is 2.20. The molecule has 0 radical (unpaired) electrons. The van der Waals surface area contributed by atoms with Gasteiger partial charge >= 0.3 is 0 Å². The monoisotopic (exact) mass is 167 g/mol. The van der Waals surface area contributed by atoms with Gasteiger partial charge in [0.05, 0.1) is 4.88 Å². The first-order valence-electron chi connectivity index (χ1n) is 2.98. The minimum absolute atomic E-state index is 0.475. The lowest BCUT2D eigenvalue weighted by Crippen LogP contribution is -1.81. The van der Waals surface area contributed by atoms with Gasteiger partial charge in [-0.25, -0.2) is 4.98 Å². The lowest BCUT2D eigenvalue weighted by atomic mass is 10.6. The zero-order chi connectivity index (χ0) is 7.84. The fourth-order valence-corrected chi connectivity index (χ4v) is 1.69. The van der Waals surface area contributed by atoms with Gasteiger partial charge < -0.3 is 5.73 Å². The highest BCUT2D eigenvalue weighted by molar-refractivity contribution is 7.19. The molecule has 0 spiro atoms. The molecular formula is C6H5N3OS. The second kappa shape index (κ2) is 2.06. The van der Waals surface area contributed by atoms with Crippen LogP contribution in [0.2, 0.25) is 0 Å². The second-order valence-electron chi connectivity index (χ2n) is 2.09. The molecule has 2 rings (SSSR count). The van der Waals surface area contributed by atoms with Crippen LogP contribution in [0.15, 0.2) is 12.5 Å². The van der Waals surface area contributed by atoms with E-state index in [2.05, 4.69) is 4.98 Å². The van der Waals surface area contributed by atoms with Crippen molar-refractivity contribution in [3.63, 3.8) is 0 Å². The average molecular weight is 167 g/mol. The molecule has 0 fully saturated rings. The predicted molar refractivity (Wildman–Crippen MR) is 42.9 cm³/mol. The number of aldehydes is 1. The number of imidazole rings is 1. The van der Waals surface area contributed by atoms with Crippen molar-refractivity contribution in [1.29, 1.82) is 0 Å². The van der Waals surface area contributed by atoms with Crippen molar-refractivity contribution < 1.29 is 4.79 Å². The van der Waals surface area contributed by atoms with E-state index in [0.717, 1.165) is 11.1 Å². The fourth-order valence-electron chi connectivity index (χ4n) is 0.891. The first-order valence-corrected chi connectivity index (χ1v) is 3.80. The lowest BCUT2D eigenvalue weighted by molar-refractivity contribution is 0.112. The van der Waals surface area contributed by atoms with Crippen LogP contribution in [0.25, 0.3) is 4.83 Å². The lowest BCUT2D eigenvalue weighted by Gasteiger charge is -1.77. The average Bonchev–Trinajstić information content (AvgIpc) is 2.53. The Kier molecular flexibility index (Phi) is 1.19. The van der Waals surface area contributed by atoms with Crippen molar-refractivity contribution >= 4 is 28.3 Å². The van der Waals surface area contributed by atoms with Gasteiger partial charge in [-0.15, -0.1) is 11.3 Å². The summed E-state index contributed by atoms with van der Waals surface area (Å²) < 4.78 is 1.74. The molecule has 4 nitrogen and oxygen atoms in total. The maximum atomic E-state index is 10.3. The Labute approximate surface area is 66.3 Å². The smallest absolute Gasteiger partial charge is 0.161 e. The summed E-state index contributed by atoms with van der Waals surface area (Å²) in [5.41, 5.74) is 5.51. The molecular weight excluding hydrogens is 162 g/mol. The molecule has 0 saturated heterocycles. The number of nitrogens with zero attached hydrogens (tertiary/aromatic N) is 2. The number of thiazole rings is 1. The number of aromatic nitrogens is 2. The van der Waals surface area contributed by atoms with E-state index in [4.69, 9.17) is 5.73 Å². The van der Waals surface area contributed by atoms with Gasteiger partial charge in [0.2, 0.25) is 0 Å². The zero-order valence-corrected chi connectivity index (χ0v) is 6.34. The highest BCUT2D eigenvalue weighted by atomic mass is 32.1. The minimum atomic E-state index is 0.475. The van der Waals surface area contributed by atoms with Gasteiger partial charge in [-0.05, 0) is 0 Å². The molecule has 0 unspecified atom stereocenters. The molecule has 2 heterocycles. The van der Waals surface area contributed by atoms with Crippen molar-refractivity contribution in [2.45, 2.75) is 0 Å². The van der Waals surface area contributed by atoms with Crippen LogP contribution in [0.4, 0.5) is 5.82 Å². The Morgan fingerprint density at radius 2 is 2.55 bits per heavy atom. The second-order valence-corrected chi connectivity index (χ2v) is 3.16. The van der Waals surface area contributed by atoms with Crippen LogP contribution >= 0.6 is 11.3 Å². The molecule has 0 aliphatic heterocycles. The summed E-state index contributed by atoms with van der Waals surface area (Å²) in [4.78, 5) is 15.7. The van der Waals surface area contributed by atoms with Gasteiger partial charge in [0.1, 0.15) is 11.2 Å². The summed E-state index contributed by atoms with van der Waals surface area (Å²) in [6.45, 7) is 0. The van der Waals surface area contributed by atoms with Crippen molar-refractivity contribution in [3.8, 4) is 0 Å². The third-order valence-electron chi connectivity index (χ3n) is 1.37. The van der Waals surface area contributed by atoms with Crippen LogP contribution in [0.1, 0.15) is 9.67 Å². The molecule has 11 heavy (non-hydrogen) atoms. The molecule has 56 valence electrons. The first kappa shape index (κ1) is 6.36. The number of anilines is 1. The molecule has 2 aromatic rings. The van der Waals surface area contributed by atoms with E-state index >= 15 is 0 Å². The van der Waals surface area contributed by atoms with E-state index < -0.39 is 0 Å². The number of nitrogen functional groups attached to an aromatic ring is 1. The van der Waals surface area contributed by atoms with Crippen LogP contribution in [-0.4, -0.2) is 15.7 Å². The predicted octanol–water partition coefficient (Wildman–Crippen LogP) is 0.791. The van der Waals surface area contributed by atoms with Crippen LogP contribution in [0.5, 0.6) is 0 Å². The summed E-state index contributed by atoms with van der Waals surface area (Å²) in [5, 5.41) is 0. The summed E-state index contributed by atoms with van der Waals surface area (Å²) in [6, 6.07) is 0. The molecule has 5 heteroatoms. The third kappa shape index (κ3) is 0.813. The van der Waals surface area contributed by atoms with Gasteiger partial charge in [0, 0.05) is 6.20 Å². The molecule has 2 aromatic heterocycles. The Hall–Kier alpha value is -1.36. The van der Waals surface area contributed by atoms with Gasteiger partial charge in [-0.1, -0.05) is 0 Å². The van der Waals surface area contributed by atoms with Crippen LogP contribution in [-0.2, 0) is 0 Å². The number of nitrogens with two attached hydrogens (primary N) is 1. The van der Waals surface area contributed by atoms with E-state index in [9.17, 15) is 4.79 Å². The van der Waals surface area contributed by atoms with Gasteiger partial charge in [0.15, 0.2) is 12.1 Å². The van der Waals surface area contributed by atoms with E-state index in [0.29, 0.717) is 10.7 Å². The number of hydrogen-bond donors (Lipinski definition) is 1. The summed E-state index contributed by atoms with van der Waals surface area (Å²) in [7, 11) is 0. The molecule has 0 saturated carbocycles. The zero-order valence-electron chi connectivity index (χ0n) is 5.52. The van der Waals surface area contributed by atoms with E-state index in [-0.39, 0.29) is 0 Å². The van der Waals surface area contributed by atoms with Crippen LogP contribution in [0.3, 0.4) is 0 Å². The molecule has 0 amide bonds. The van der Waals surface area contributed by atoms with E-state index in [1.165, 1.54) is 11.3 Å². The molecule has 0 aliphatic carbocycles. The first-order chi connectivity index (χ1) is 5.31. The fraction of sp³-hybridized carbons (Fsp3) is 0. The topological polar surface area (TPSA) is 60.4 Å². The van der Waals surface area contributed by atoms with Crippen molar-refractivity contribution in [2.75, 3.05) is 5.73 Å². The maximum Gasteiger partial charge on any atom is 0.161 e. The molecule has 0 bridgehead atoms. The number of hydrogen-bond acceptors (Lipinski definition) is 4. The van der Waals surface area contributed by atoms with Gasteiger partial charge in [0.25, 0.3) is 0 Å². The maximum absolute atomic E-state index is 10.3. The van der Waals surface area contributed by atoms with Crippen molar-refractivity contribution in [3.05, 3.63) is 17.4 Å². The van der Waals surface area contributed by atoms with Gasteiger partial charge in [-0.2, -0.15) is 0 Å². The Morgan fingerprint density at radius 1 is 1.73 bits per heavy atom. The number of carbonyl (C=O) groups is 1. The van der Waals surface area contributed by atoms with Crippen LogP contribution < -0.4 is 5.73 Å². The molecule has 0 aliphatic rings. The number of carbonyl (C=O) groups excluding carboxylic acids is 1. The normalized spacial score (nSPS) is 10.5. The van der Waals surface area contributed by atoms with E-state index in [1.54, 1.807) is 16.9 Å². The van der Waals surface area contributed by atoms with Crippen molar-refractivity contribution in [2.24, 2.45) is 0 Å². The summed E-state index contributed by atoms with van der Waals surface area (Å²) in [5.74, 6) is 0.475. The quantitative estimate of drug-likeness (QED) is 0.639. The Bertz CT molecular complexity index is 403.